The number of methoxy groups -OCH3 is 1. The minimum Gasteiger partial charge on any atom is -0.497 e. The van der Waals surface area contributed by atoms with E-state index in [0.717, 1.165) is 11.1 Å². The molecule has 6 rings (SSSR count). The smallest absolute Gasteiger partial charge is 0.340 e. The first-order valence-electron chi connectivity index (χ1n) is 15.9. The normalized spacial score (nSPS) is 19.1. The van der Waals surface area contributed by atoms with E-state index in [4.69, 9.17) is 14.2 Å². The molecule has 1 saturated heterocycles. The zero-order chi connectivity index (χ0) is 34.9. The van der Waals surface area contributed by atoms with Gasteiger partial charge in [0, 0.05) is 23.4 Å². The lowest BCUT2D eigenvalue weighted by atomic mass is 9.85. The van der Waals surface area contributed by atoms with E-state index in [9.17, 15) is 19.7 Å². The molecule has 12 heteroatoms. The number of carbonyl (C=O) groups is 3. The Morgan fingerprint density at radius 1 is 0.878 bits per heavy atom. The number of nitrogens with one attached hydrogen (secondary N) is 1. The van der Waals surface area contributed by atoms with Crippen LogP contribution in [0.4, 0.5) is 17.1 Å². The van der Waals surface area contributed by atoms with Crippen molar-refractivity contribution in [1.82, 2.24) is 5.32 Å². The molecule has 2 atom stereocenters. The number of nitro groups is 1. The molecule has 252 valence electrons. The molecule has 2 aliphatic rings. The Hall–Kier alpha value is -5.75. The molecular formula is C37H36N4O8. The van der Waals surface area contributed by atoms with Crippen LogP contribution < -0.4 is 19.9 Å². The van der Waals surface area contributed by atoms with E-state index in [-0.39, 0.29) is 25.4 Å². The van der Waals surface area contributed by atoms with Gasteiger partial charge in [-0.15, -0.1) is 0 Å². The van der Waals surface area contributed by atoms with Crippen LogP contribution in [0, 0.1) is 17.0 Å². The van der Waals surface area contributed by atoms with Gasteiger partial charge in [0.15, 0.2) is 0 Å². The van der Waals surface area contributed by atoms with Gasteiger partial charge in [-0.1, -0.05) is 60.2 Å². The van der Waals surface area contributed by atoms with Crippen molar-refractivity contribution in [2.45, 2.75) is 44.6 Å². The second kappa shape index (κ2) is 13.0. The molecule has 1 fully saturated rings. The van der Waals surface area contributed by atoms with Crippen molar-refractivity contribution in [3.63, 3.8) is 0 Å². The van der Waals surface area contributed by atoms with Gasteiger partial charge in [-0.05, 0) is 62.2 Å². The summed E-state index contributed by atoms with van der Waals surface area (Å²) < 4.78 is 16.6. The van der Waals surface area contributed by atoms with Crippen LogP contribution in [0.25, 0.3) is 0 Å². The van der Waals surface area contributed by atoms with E-state index in [1.54, 1.807) is 60.0 Å². The van der Waals surface area contributed by atoms with Gasteiger partial charge < -0.3 is 24.0 Å². The molecule has 1 N–H and O–H groups in total. The van der Waals surface area contributed by atoms with E-state index < -0.39 is 40.0 Å². The van der Waals surface area contributed by atoms with Crippen LogP contribution in [0.15, 0.2) is 97.1 Å². The summed E-state index contributed by atoms with van der Waals surface area (Å²) in [5.74, 6) is -1.84. The fourth-order valence-corrected chi connectivity index (χ4v) is 6.78. The van der Waals surface area contributed by atoms with E-state index in [0.29, 0.717) is 28.3 Å². The fourth-order valence-electron chi connectivity index (χ4n) is 6.78. The number of anilines is 2. The van der Waals surface area contributed by atoms with Crippen molar-refractivity contribution in [2.75, 3.05) is 30.1 Å². The van der Waals surface area contributed by atoms with Crippen LogP contribution in [0.1, 0.15) is 42.1 Å². The Morgan fingerprint density at radius 2 is 1.49 bits per heavy atom. The van der Waals surface area contributed by atoms with Gasteiger partial charge in [-0.2, -0.15) is 0 Å². The molecule has 1 amide bonds. The lowest BCUT2D eigenvalue weighted by Gasteiger charge is -2.39. The van der Waals surface area contributed by atoms with Gasteiger partial charge in [0.25, 0.3) is 11.6 Å². The number of para-hydroxylation sites is 1. The van der Waals surface area contributed by atoms with Crippen molar-refractivity contribution >= 4 is 34.9 Å². The maximum absolute atomic E-state index is 15.3. The summed E-state index contributed by atoms with van der Waals surface area (Å²) in [6.07, 6.45) is 0. The molecule has 12 nitrogen and oxygen atoms in total. The van der Waals surface area contributed by atoms with Crippen LogP contribution in [0.3, 0.4) is 0 Å². The number of hydrogen-bond donors (Lipinski definition) is 1. The highest BCUT2D eigenvalue weighted by Gasteiger charge is 2.74. The second-order valence-corrected chi connectivity index (χ2v) is 11.8. The first-order valence-corrected chi connectivity index (χ1v) is 15.9. The summed E-state index contributed by atoms with van der Waals surface area (Å²) in [6.45, 7) is 5.26. The van der Waals surface area contributed by atoms with Gasteiger partial charge in [0.1, 0.15) is 5.75 Å². The summed E-state index contributed by atoms with van der Waals surface area (Å²) in [6, 6.07) is 26.1. The number of aryl methyl sites for hydroxylation is 1. The number of non-ortho nitro benzene ring substituents is 1. The van der Waals surface area contributed by atoms with Crippen LogP contribution in [0.5, 0.6) is 5.75 Å². The molecule has 0 unspecified atom stereocenters. The number of esters is 2. The number of ether oxygens (including phenoxy) is 3. The number of amides is 1. The maximum Gasteiger partial charge on any atom is 0.340 e. The lowest BCUT2D eigenvalue weighted by molar-refractivity contribution is -0.384. The summed E-state index contributed by atoms with van der Waals surface area (Å²) in [4.78, 5) is 58.6. The molecule has 0 saturated carbocycles. The van der Waals surface area contributed by atoms with Crippen molar-refractivity contribution < 1.29 is 33.5 Å². The topological polar surface area (TPSA) is 141 Å². The lowest BCUT2D eigenvalue weighted by Crippen LogP contribution is -2.64. The Kier molecular flexibility index (Phi) is 8.83. The molecule has 0 radical (unpaired) electrons. The number of rotatable bonds is 10. The summed E-state index contributed by atoms with van der Waals surface area (Å²) in [7, 11) is 1.53. The molecule has 2 aliphatic heterocycles. The molecule has 1 spiro atoms. The Balaban J connectivity index is 1.67. The third-order valence-electron chi connectivity index (χ3n) is 8.97. The number of nitrogens with zero attached hydrogens (tertiary/aromatic N) is 3. The highest BCUT2D eigenvalue weighted by molar-refractivity contribution is 6.15. The Bertz CT molecular complexity index is 1880. The summed E-state index contributed by atoms with van der Waals surface area (Å²) >= 11 is 0. The van der Waals surface area contributed by atoms with Crippen LogP contribution >= 0.6 is 0 Å². The van der Waals surface area contributed by atoms with Crippen LogP contribution in [0.2, 0.25) is 0 Å². The van der Waals surface area contributed by atoms with Crippen molar-refractivity contribution in [2.24, 2.45) is 0 Å². The standard InChI is InChI=1S/C37H36N4O8/c1-5-48-34(43)36(35(44)49-6-2)32(26-15-17-28(18-16-26)41(45)46)40(27-19-21-29(47-4)22-20-27)37(38-36)30-9-7-8-10-31(30)39(33(37)42)23-25-13-11-24(3)12-14-25/h7-22,32,38H,5-6,23H2,1-4H3/t32-,37-/m0/s1. The van der Waals surface area contributed by atoms with E-state index in [1.807, 2.05) is 43.3 Å². The number of benzene rings is 4. The van der Waals surface area contributed by atoms with Gasteiger partial charge in [-0.25, -0.2) is 9.59 Å². The quantitative estimate of drug-likeness (QED) is 0.102. The molecule has 4 aromatic carbocycles. The zero-order valence-electron chi connectivity index (χ0n) is 27.5. The minimum absolute atomic E-state index is 0.0751. The van der Waals surface area contributed by atoms with Gasteiger partial charge in [0.05, 0.1) is 43.5 Å². The average molecular weight is 665 g/mol. The molecule has 2 heterocycles. The van der Waals surface area contributed by atoms with Crippen molar-refractivity contribution in [3.8, 4) is 5.75 Å². The number of hydrogen-bond acceptors (Lipinski definition) is 10. The maximum atomic E-state index is 15.3. The predicted octanol–water partition coefficient (Wildman–Crippen LogP) is 5.33. The van der Waals surface area contributed by atoms with Crippen LogP contribution in [-0.2, 0) is 36.1 Å². The van der Waals surface area contributed by atoms with Crippen molar-refractivity contribution in [1.29, 1.82) is 0 Å². The highest BCUT2D eigenvalue weighted by Crippen LogP contribution is 2.56. The molecule has 0 aromatic heterocycles. The number of carbonyl (C=O) groups excluding carboxylic acids is 3. The molecule has 49 heavy (non-hydrogen) atoms. The van der Waals surface area contributed by atoms with Crippen LogP contribution in [-0.4, -0.2) is 48.6 Å². The highest BCUT2D eigenvalue weighted by atomic mass is 16.6. The van der Waals surface area contributed by atoms with Gasteiger partial charge in [-0.3, -0.25) is 20.2 Å². The summed E-state index contributed by atoms with van der Waals surface area (Å²) in [5.41, 5.74) is -0.584. The monoisotopic (exact) mass is 664 g/mol. The summed E-state index contributed by atoms with van der Waals surface area (Å²) in [5, 5.41) is 14.9. The van der Waals surface area contributed by atoms with E-state index >= 15 is 4.79 Å². The third kappa shape index (κ3) is 5.34. The number of nitro benzene ring substituents is 1. The van der Waals surface area contributed by atoms with Gasteiger partial charge in [0.2, 0.25) is 11.2 Å². The molecular weight excluding hydrogens is 628 g/mol. The second-order valence-electron chi connectivity index (χ2n) is 11.8. The Labute approximate surface area is 283 Å². The first-order chi connectivity index (χ1) is 23.6. The number of fused-ring (bicyclic) bond motifs is 2. The minimum atomic E-state index is -2.31. The SMILES string of the molecule is CCOC(=O)C1(C(=O)OCC)N[C@]2(C(=O)N(Cc3ccc(C)cc3)c3ccccc32)N(c2ccc(OC)cc2)[C@H]1c1ccc([N+](=O)[O-])cc1. The molecule has 4 aromatic rings. The average Bonchev–Trinajstić information content (AvgIpc) is 3.56. The van der Waals surface area contributed by atoms with E-state index in [1.165, 1.54) is 31.4 Å². The first kappa shape index (κ1) is 33.2. The predicted molar refractivity (Wildman–Crippen MR) is 181 cm³/mol. The van der Waals surface area contributed by atoms with Gasteiger partial charge >= 0.3 is 11.9 Å². The van der Waals surface area contributed by atoms with Crippen molar-refractivity contribution in [3.05, 3.63) is 129 Å². The fraction of sp³-hybridized carbons (Fsp3) is 0.270. The Morgan fingerprint density at radius 3 is 2.06 bits per heavy atom. The molecule has 0 aliphatic carbocycles. The zero-order valence-corrected chi connectivity index (χ0v) is 27.5. The van der Waals surface area contributed by atoms with E-state index in [2.05, 4.69) is 5.32 Å². The largest absolute Gasteiger partial charge is 0.497 e. The third-order valence-corrected chi connectivity index (χ3v) is 8.97. The molecule has 0 bridgehead atoms.